The first-order valence-electron chi connectivity index (χ1n) is 13.0. The lowest BCUT2D eigenvalue weighted by molar-refractivity contribution is -0.154. The van der Waals surface area contributed by atoms with Crippen molar-refractivity contribution in [2.24, 2.45) is 29.1 Å². The number of rotatable bonds is 2. The van der Waals surface area contributed by atoms with E-state index in [1.165, 1.54) is 20.1 Å². The van der Waals surface area contributed by atoms with Gasteiger partial charge in [-0.05, 0) is 49.2 Å². The van der Waals surface area contributed by atoms with Gasteiger partial charge in [0, 0.05) is 24.8 Å². The largest absolute Gasteiger partial charge is 0.457 e. The van der Waals surface area contributed by atoms with E-state index in [1.807, 2.05) is 0 Å². The molecule has 2 N–H and O–H groups in total. The van der Waals surface area contributed by atoms with Gasteiger partial charge in [-0.25, -0.2) is 4.98 Å². The number of hydrogen-bond donors (Lipinski definition) is 2. The van der Waals surface area contributed by atoms with Crippen molar-refractivity contribution in [1.29, 1.82) is 0 Å². The monoisotopic (exact) mass is 541 g/mol. The molecule has 1 saturated carbocycles. The third-order valence-electron chi connectivity index (χ3n) is 8.16. The van der Waals surface area contributed by atoms with Crippen molar-refractivity contribution >= 4 is 17.8 Å². The quantitative estimate of drug-likeness (QED) is 0.391. The Bertz CT molecular complexity index is 1090. The van der Waals surface area contributed by atoms with Crippen molar-refractivity contribution in [2.45, 2.75) is 91.7 Å². The Morgan fingerprint density at radius 3 is 2.42 bits per heavy atom. The highest BCUT2D eigenvalue weighted by molar-refractivity contribution is 5.88. The number of alkyl halides is 3. The number of oxazole rings is 1. The molecule has 1 aliphatic heterocycles. The van der Waals surface area contributed by atoms with Crippen LogP contribution < -0.4 is 0 Å². The number of cyclic esters (lactones) is 1. The third kappa shape index (κ3) is 6.94. The Kier molecular flexibility index (Phi) is 8.98. The van der Waals surface area contributed by atoms with Gasteiger partial charge in [-0.1, -0.05) is 33.8 Å². The minimum Gasteiger partial charge on any atom is -0.457 e. The number of fused-ring (bicyclic) bond motifs is 1. The number of ketones is 1. The number of nitrogens with zero attached hydrogens (tertiary/aromatic N) is 1. The summed E-state index contributed by atoms with van der Waals surface area (Å²) in [6.07, 6.45) is -4.57. The molecule has 38 heavy (non-hydrogen) atoms. The van der Waals surface area contributed by atoms with Crippen LogP contribution in [-0.4, -0.2) is 51.4 Å². The topological polar surface area (TPSA) is 110 Å². The standard InChI is InChI=1S/C28H38F3NO6/c1-14(9-20-13-37-17(4)32-20)22-8-7-19(28(29,30)31)10-18-11-21(18)15(2)25(35)16(3)26(36)27(5,6)23(33)12-24(34)38-22/h7,9,13,15-16,18,21-23,25,33,35H,8,10-12H2,1-6H3/b14-9+,19-7+/t15-,16+,18?,21?,22+,23-,25-/m0/s1. The maximum Gasteiger partial charge on any atom is 0.412 e. The number of carbonyl (C=O) groups is 2. The predicted octanol–water partition coefficient (Wildman–Crippen LogP) is 5.20. The average molecular weight is 542 g/mol. The molecule has 2 heterocycles. The number of aliphatic hydroxyl groups is 2. The summed E-state index contributed by atoms with van der Waals surface area (Å²) in [6, 6.07) is 0. The van der Waals surface area contributed by atoms with Gasteiger partial charge < -0.3 is 19.4 Å². The number of ether oxygens (including phenoxy) is 1. The molecule has 10 heteroatoms. The summed E-state index contributed by atoms with van der Waals surface area (Å²) in [5, 5.41) is 21.7. The minimum absolute atomic E-state index is 0.155. The van der Waals surface area contributed by atoms with Gasteiger partial charge in [-0.15, -0.1) is 0 Å². The Balaban J connectivity index is 1.98. The number of aryl methyl sites for hydroxylation is 1. The van der Waals surface area contributed by atoms with Crippen LogP contribution in [-0.2, 0) is 14.3 Å². The fourth-order valence-corrected chi connectivity index (χ4v) is 5.33. The normalized spacial score (nSPS) is 35.2. The van der Waals surface area contributed by atoms with Crippen LogP contribution in [0.15, 0.2) is 27.9 Å². The van der Waals surface area contributed by atoms with E-state index in [1.54, 1.807) is 33.8 Å². The fourth-order valence-electron chi connectivity index (χ4n) is 5.33. The van der Waals surface area contributed by atoms with Crippen molar-refractivity contribution in [3.63, 3.8) is 0 Å². The van der Waals surface area contributed by atoms with Crippen molar-refractivity contribution in [1.82, 2.24) is 4.98 Å². The summed E-state index contributed by atoms with van der Waals surface area (Å²) < 4.78 is 52.6. The van der Waals surface area contributed by atoms with E-state index in [-0.39, 0.29) is 24.7 Å². The second kappa shape index (κ2) is 11.3. The average Bonchev–Trinajstić information content (AvgIpc) is 3.48. The summed E-state index contributed by atoms with van der Waals surface area (Å²) in [5.74, 6) is -2.59. The van der Waals surface area contributed by atoms with E-state index in [0.717, 1.165) is 6.08 Å². The van der Waals surface area contributed by atoms with Gasteiger partial charge in [0.15, 0.2) is 5.89 Å². The van der Waals surface area contributed by atoms with Crippen LogP contribution in [0, 0.1) is 36.0 Å². The first kappa shape index (κ1) is 30.1. The van der Waals surface area contributed by atoms with E-state index in [4.69, 9.17) is 9.15 Å². The molecule has 1 fully saturated rings. The highest BCUT2D eigenvalue weighted by Crippen LogP contribution is 2.51. The Hall–Kier alpha value is -2.46. The molecule has 0 amide bonds. The molecular formula is C28H38F3NO6. The van der Waals surface area contributed by atoms with E-state index in [9.17, 15) is 33.0 Å². The molecule has 0 radical (unpaired) electrons. The molecule has 7 atom stereocenters. The molecule has 0 bridgehead atoms. The predicted molar refractivity (Wildman–Crippen MR) is 133 cm³/mol. The second-order valence-corrected chi connectivity index (χ2v) is 11.4. The van der Waals surface area contributed by atoms with Gasteiger partial charge >= 0.3 is 12.1 Å². The van der Waals surface area contributed by atoms with Crippen molar-refractivity contribution < 1.29 is 42.1 Å². The lowest BCUT2D eigenvalue weighted by Crippen LogP contribution is -2.46. The van der Waals surface area contributed by atoms with Crippen molar-refractivity contribution in [3.8, 4) is 0 Å². The van der Waals surface area contributed by atoms with E-state index in [0.29, 0.717) is 23.6 Å². The van der Waals surface area contributed by atoms with Crippen LogP contribution in [0.4, 0.5) is 13.2 Å². The number of hydrogen-bond acceptors (Lipinski definition) is 7. The van der Waals surface area contributed by atoms with Gasteiger partial charge in [0.05, 0.1) is 24.0 Å². The summed E-state index contributed by atoms with van der Waals surface area (Å²) in [6.45, 7) is 9.58. The summed E-state index contributed by atoms with van der Waals surface area (Å²) in [4.78, 5) is 30.3. The smallest absolute Gasteiger partial charge is 0.412 e. The second-order valence-electron chi connectivity index (χ2n) is 11.4. The Labute approximate surface area is 221 Å². The van der Waals surface area contributed by atoms with Gasteiger partial charge in [-0.2, -0.15) is 13.2 Å². The Morgan fingerprint density at radius 1 is 1.18 bits per heavy atom. The highest BCUT2D eigenvalue weighted by Gasteiger charge is 2.49. The minimum atomic E-state index is -4.57. The zero-order valence-corrected chi connectivity index (χ0v) is 22.7. The number of aromatic nitrogens is 1. The van der Waals surface area contributed by atoms with Crippen molar-refractivity contribution in [3.05, 3.63) is 35.1 Å². The highest BCUT2D eigenvalue weighted by atomic mass is 19.4. The number of carbonyl (C=O) groups excluding carboxylic acids is 2. The number of esters is 1. The van der Waals surface area contributed by atoms with Crippen LogP contribution in [0.3, 0.4) is 0 Å². The van der Waals surface area contributed by atoms with Crippen LogP contribution in [0.5, 0.6) is 0 Å². The van der Waals surface area contributed by atoms with Crippen LogP contribution in [0.1, 0.15) is 71.9 Å². The van der Waals surface area contributed by atoms with Gasteiger partial charge in [0.2, 0.25) is 0 Å². The SMILES string of the molecule is C/C(=C\c1coc(C)n1)[C@H]1C/C=C(/C(F)(F)F)CC2CC2[C@H](C)[C@H](O)[C@@H](C)C(=O)C(C)(C)[C@@H](O)CC(=O)O1. The van der Waals surface area contributed by atoms with Gasteiger partial charge in [0.25, 0.3) is 0 Å². The van der Waals surface area contributed by atoms with Gasteiger partial charge in [-0.3, -0.25) is 9.59 Å². The molecule has 2 aliphatic rings. The number of Topliss-reactive ketones (excluding diaryl/α,β-unsaturated/α-hetero) is 1. The van der Waals surface area contributed by atoms with Crippen LogP contribution in [0.2, 0.25) is 0 Å². The fraction of sp³-hybridized carbons (Fsp3) is 0.679. The molecule has 2 unspecified atom stereocenters. The van der Waals surface area contributed by atoms with Crippen molar-refractivity contribution in [2.75, 3.05) is 0 Å². The zero-order chi connectivity index (χ0) is 28.6. The molecule has 0 saturated heterocycles. The first-order valence-corrected chi connectivity index (χ1v) is 13.0. The molecule has 0 spiro atoms. The number of halogens is 3. The molecule has 1 aromatic heterocycles. The molecule has 0 aromatic carbocycles. The summed E-state index contributed by atoms with van der Waals surface area (Å²) in [7, 11) is 0. The summed E-state index contributed by atoms with van der Waals surface area (Å²) in [5.41, 5.74) is -1.20. The molecular weight excluding hydrogens is 503 g/mol. The van der Waals surface area contributed by atoms with Gasteiger partial charge in [0.1, 0.15) is 23.8 Å². The first-order chi connectivity index (χ1) is 17.5. The third-order valence-corrected chi connectivity index (χ3v) is 8.16. The zero-order valence-electron chi connectivity index (χ0n) is 22.7. The van der Waals surface area contributed by atoms with Crippen LogP contribution >= 0.6 is 0 Å². The maximum atomic E-state index is 14.0. The van der Waals surface area contributed by atoms with E-state index in [2.05, 4.69) is 4.98 Å². The van der Waals surface area contributed by atoms with E-state index < -0.39 is 65.5 Å². The number of allylic oxidation sites excluding steroid dienone is 1. The number of aliphatic hydroxyl groups excluding tert-OH is 2. The van der Waals surface area contributed by atoms with Crippen LogP contribution in [0.25, 0.3) is 6.08 Å². The Morgan fingerprint density at radius 2 is 1.84 bits per heavy atom. The molecule has 1 aromatic rings. The summed E-state index contributed by atoms with van der Waals surface area (Å²) >= 11 is 0. The lowest BCUT2D eigenvalue weighted by atomic mass is 9.72. The van der Waals surface area contributed by atoms with E-state index >= 15 is 0 Å². The maximum absolute atomic E-state index is 14.0. The molecule has 1 aliphatic carbocycles. The lowest BCUT2D eigenvalue weighted by Gasteiger charge is -2.34. The molecule has 7 nitrogen and oxygen atoms in total. The molecule has 3 rings (SSSR count). The molecule has 212 valence electrons.